The molecule has 0 amide bonds. The Balaban J connectivity index is 2.94. The molecule has 1 rings (SSSR count). The Labute approximate surface area is 77.8 Å². The molecule has 1 radical (unpaired) electrons. The number of H-pyrrole nitrogens is 1. The molecule has 0 aromatic carbocycles. The molecule has 63 valence electrons. The van der Waals surface area contributed by atoms with Crippen LogP contribution in [-0.4, -0.2) is 9.97 Å². The number of imidazole rings is 1. The molecule has 1 aromatic heterocycles. The van der Waals surface area contributed by atoms with Gasteiger partial charge in [-0.25, -0.2) is 4.98 Å². The van der Waals surface area contributed by atoms with Crippen molar-refractivity contribution in [2.24, 2.45) is 0 Å². The summed E-state index contributed by atoms with van der Waals surface area (Å²) in [5.41, 5.74) is 0. The van der Waals surface area contributed by atoms with Gasteiger partial charge in [-0.1, -0.05) is 24.8 Å². The topological polar surface area (TPSA) is 28.7 Å². The highest BCUT2D eigenvalue weighted by Gasteiger charge is 2.25. The Hall–Kier alpha value is -0.960. The number of allylic oxidation sites excluding steroid dienone is 1. The van der Waals surface area contributed by atoms with Gasteiger partial charge in [0, 0.05) is 12.4 Å². The smallest absolute Gasteiger partial charge is 0.127 e. The van der Waals surface area contributed by atoms with Crippen LogP contribution in [0.2, 0.25) is 0 Å². The SMILES string of the molecule is C=CCC([S])(C=C)c1ncc[nH]1. The molecule has 1 aromatic rings. The van der Waals surface area contributed by atoms with E-state index in [1.165, 1.54) is 0 Å². The monoisotopic (exact) mass is 179 g/mol. The Kier molecular flexibility index (Phi) is 2.76. The molecule has 0 saturated heterocycles. The molecule has 0 saturated carbocycles. The van der Waals surface area contributed by atoms with Crippen molar-refractivity contribution in [3.8, 4) is 0 Å². The minimum Gasteiger partial charge on any atom is -0.347 e. The average Bonchev–Trinajstić information content (AvgIpc) is 2.57. The molecule has 0 aliphatic carbocycles. The summed E-state index contributed by atoms with van der Waals surface area (Å²) < 4.78 is -0.523. The van der Waals surface area contributed by atoms with Gasteiger partial charge in [0.2, 0.25) is 0 Å². The molecule has 0 bridgehead atoms. The molecular formula is C9H11N2S. The van der Waals surface area contributed by atoms with Crippen molar-refractivity contribution in [1.29, 1.82) is 0 Å². The van der Waals surface area contributed by atoms with Crippen molar-refractivity contribution >= 4 is 12.6 Å². The molecule has 1 unspecified atom stereocenters. The minimum absolute atomic E-state index is 0.523. The van der Waals surface area contributed by atoms with Gasteiger partial charge in [0.1, 0.15) is 10.6 Å². The maximum absolute atomic E-state index is 5.34. The molecule has 1 N–H and O–H groups in total. The van der Waals surface area contributed by atoms with E-state index in [0.29, 0.717) is 6.42 Å². The molecule has 1 atom stereocenters. The molecule has 1 heterocycles. The van der Waals surface area contributed by atoms with Gasteiger partial charge in [-0.2, -0.15) is 0 Å². The number of aromatic nitrogens is 2. The van der Waals surface area contributed by atoms with Crippen LogP contribution in [-0.2, 0) is 4.75 Å². The Morgan fingerprint density at radius 2 is 2.42 bits per heavy atom. The van der Waals surface area contributed by atoms with Crippen LogP contribution in [0.1, 0.15) is 12.2 Å². The van der Waals surface area contributed by atoms with Crippen LogP contribution < -0.4 is 0 Å². The van der Waals surface area contributed by atoms with Gasteiger partial charge in [0.25, 0.3) is 0 Å². The number of nitrogens with zero attached hydrogens (tertiary/aromatic N) is 1. The summed E-state index contributed by atoms with van der Waals surface area (Å²) in [4.78, 5) is 7.08. The lowest BCUT2D eigenvalue weighted by atomic mass is 10.0. The second-order valence-corrected chi connectivity index (χ2v) is 3.25. The summed E-state index contributed by atoms with van der Waals surface area (Å²) in [5, 5.41) is 0. The summed E-state index contributed by atoms with van der Waals surface area (Å²) in [5.74, 6) is 0.757. The average molecular weight is 179 g/mol. The molecule has 2 nitrogen and oxygen atoms in total. The van der Waals surface area contributed by atoms with Crippen molar-refractivity contribution in [2.75, 3.05) is 0 Å². The summed E-state index contributed by atoms with van der Waals surface area (Å²) in [6.45, 7) is 7.34. The van der Waals surface area contributed by atoms with Gasteiger partial charge >= 0.3 is 0 Å². The van der Waals surface area contributed by atoms with Gasteiger partial charge in [0.15, 0.2) is 0 Å². The molecule has 0 aliphatic heterocycles. The zero-order valence-electron chi connectivity index (χ0n) is 6.79. The summed E-state index contributed by atoms with van der Waals surface area (Å²) in [7, 11) is 0. The summed E-state index contributed by atoms with van der Waals surface area (Å²) >= 11 is 5.34. The van der Waals surface area contributed by atoms with Crippen LogP contribution in [0.15, 0.2) is 37.7 Å². The number of hydrogen-bond donors (Lipinski definition) is 1. The second-order valence-electron chi connectivity index (χ2n) is 2.52. The third kappa shape index (κ3) is 1.61. The normalized spacial score (nSPS) is 15.1. The number of nitrogens with one attached hydrogen (secondary N) is 1. The highest BCUT2D eigenvalue weighted by Crippen LogP contribution is 2.30. The molecule has 0 aliphatic rings. The molecular weight excluding hydrogens is 168 g/mol. The minimum atomic E-state index is -0.523. The first-order valence-corrected chi connectivity index (χ1v) is 4.08. The third-order valence-corrected chi connectivity index (χ3v) is 2.20. The maximum Gasteiger partial charge on any atom is 0.127 e. The van der Waals surface area contributed by atoms with Crippen LogP contribution in [0.25, 0.3) is 0 Å². The predicted octanol–water partition coefficient (Wildman–Crippen LogP) is 2.56. The van der Waals surface area contributed by atoms with E-state index >= 15 is 0 Å². The summed E-state index contributed by atoms with van der Waals surface area (Å²) in [6, 6.07) is 0. The third-order valence-electron chi connectivity index (χ3n) is 1.68. The number of hydrogen-bond acceptors (Lipinski definition) is 1. The van der Waals surface area contributed by atoms with E-state index in [1.54, 1.807) is 24.5 Å². The lowest BCUT2D eigenvalue weighted by molar-refractivity contribution is 0.739. The Bertz CT molecular complexity index is 266. The lowest BCUT2D eigenvalue weighted by Crippen LogP contribution is -2.16. The lowest BCUT2D eigenvalue weighted by Gasteiger charge is -2.18. The van der Waals surface area contributed by atoms with Gasteiger partial charge in [-0.05, 0) is 6.42 Å². The molecule has 3 heteroatoms. The van der Waals surface area contributed by atoms with E-state index in [9.17, 15) is 0 Å². The highest BCUT2D eigenvalue weighted by atomic mass is 32.1. The van der Waals surface area contributed by atoms with Crippen molar-refractivity contribution in [3.05, 3.63) is 43.5 Å². The Morgan fingerprint density at radius 3 is 2.83 bits per heavy atom. The van der Waals surface area contributed by atoms with Crippen LogP contribution >= 0.6 is 12.6 Å². The van der Waals surface area contributed by atoms with Crippen LogP contribution in [0.5, 0.6) is 0 Å². The predicted molar refractivity (Wildman–Crippen MR) is 52.9 cm³/mol. The molecule has 0 spiro atoms. The van der Waals surface area contributed by atoms with Gasteiger partial charge in [-0.3, -0.25) is 0 Å². The first-order valence-electron chi connectivity index (χ1n) is 3.67. The zero-order chi connectivity index (χ0) is 9.03. The van der Waals surface area contributed by atoms with Crippen LogP contribution in [0.4, 0.5) is 0 Å². The van der Waals surface area contributed by atoms with E-state index in [2.05, 4.69) is 23.1 Å². The summed E-state index contributed by atoms with van der Waals surface area (Å²) in [6.07, 6.45) is 7.59. The Morgan fingerprint density at radius 1 is 1.67 bits per heavy atom. The van der Waals surface area contributed by atoms with Crippen LogP contribution in [0, 0.1) is 0 Å². The van der Waals surface area contributed by atoms with E-state index in [0.717, 1.165) is 5.82 Å². The number of rotatable bonds is 4. The van der Waals surface area contributed by atoms with Gasteiger partial charge in [-0.15, -0.1) is 13.2 Å². The first kappa shape index (κ1) is 9.13. The van der Waals surface area contributed by atoms with Crippen molar-refractivity contribution in [1.82, 2.24) is 9.97 Å². The van der Waals surface area contributed by atoms with Gasteiger partial charge in [0.05, 0.1) is 0 Å². The van der Waals surface area contributed by atoms with Crippen molar-refractivity contribution in [2.45, 2.75) is 11.2 Å². The van der Waals surface area contributed by atoms with E-state index in [1.807, 2.05) is 0 Å². The largest absolute Gasteiger partial charge is 0.347 e. The van der Waals surface area contributed by atoms with E-state index in [-0.39, 0.29) is 0 Å². The van der Waals surface area contributed by atoms with Crippen molar-refractivity contribution in [3.63, 3.8) is 0 Å². The van der Waals surface area contributed by atoms with Gasteiger partial charge < -0.3 is 4.98 Å². The first-order chi connectivity index (χ1) is 5.73. The number of aromatic amines is 1. The standard InChI is InChI=1S/C9H11N2S/c1-3-5-9(12,4-2)8-10-6-7-11-8/h3-4,6-7H,1-2,5H2,(H,10,11). The fourth-order valence-corrected chi connectivity index (χ4v) is 1.22. The van der Waals surface area contributed by atoms with E-state index in [4.69, 9.17) is 12.6 Å². The van der Waals surface area contributed by atoms with Crippen molar-refractivity contribution < 1.29 is 0 Å². The second kappa shape index (κ2) is 3.63. The molecule has 12 heavy (non-hydrogen) atoms. The van der Waals surface area contributed by atoms with E-state index < -0.39 is 4.75 Å². The van der Waals surface area contributed by atoms with Crippen LogP contribution in [0.3, 0.4) is 0 Å². The zero-order valence-corrected chi connectivity index (χ0v) is 7.60. The fourth-order valence-electron chi connectivity index (χ4n) is 0.988. The highest BCUT2D eigenvalue weighted by molar-refractivity contribution is 7.81. The fraction of sp³-hybridized carbons (Fsp3) is 0.222. The quantitative estimate of drug-likeness (QED) is 0.707. The maximum atomic E-state index is 5.34. The molecule has 0 fully saturated rings.